The first-order valence-corrected chi connectivity index (χ1v) is 6.29. The highest BCUT2D eigenvalue weighted by molar-refractivity contribution is 4.80. The maximum absolute atomic E-state index is 9.64. The molecule has 0 heterocycles. The lowest BCUT2D eigenvalue weighted by molar-refractivity contribution is -0.0319. The van der Waals surface area contributed by atoms with Crippen LogP contribution in [0, 0.1) is 5.92 Å². The summed E-state index contributed by atoms with van der Waals surface area (Å²) in [4.78, 5) is 0. The Morgan fingerprint density at radius 2 is 2.06 bits per heavy atom. The van der Waals surface area contributed by atoms with Gasteiger partial charge in [0.15, 0.2) is 0 Å². The fourth-order valence-corrected chi connectivity index (χ4v) is 1.94. The van der Waals surface area contributed by atoms with Crippen molar-refractivity contribution >= 4 is 0 Å². The highest BCUT2D eigenvalue weighted by atomic mass is 16.5. The van der Waals surface area contributed by atoms with Gasteiger partial charge in [-0.1, -0.05) is 0 Å². The first kappa shape index (κ1) is 14.9. The standard InChI is InChI=1S/C12H25NO4/c1-9(7-16-2)17-8-12(15)6-13-5-10-3-11(14)4-10/h9-15H,3-8H2,1-2H3. The van der Waals surface area contributed by atoms with Crippen LogP contribution in [0.1, 0.15) is 19.8 Å². The molecule has 0 spiro atoms. The van der Waals surface area contributed by atoms with Crippen molar-refractivity contribution in [1.29, 1.82) is 0 Å². The lowest BCUT2D eigenvalue weighted by Crippen LogP contribution is -2.39. The molecule has 0 amide bonds. The quantitative estimate of drug-likeness (QED) is 0.524. The maximum Gasteiger partial charge on any atom is 0.0897 e. The normalized spacial score (nSPS) is 27.5. The lowest BCUT2D eigenvalue weighted by Gasteiger charge is -2.31. The van der Waals surface area contributed by atoms with Crippen molar-refractivity contribution in [2.75, 3.05) is 33.4 Å². The van der Waals surface area contributed by atoms with Crippen LogP contribution in [-0.4, -0.2) is 61.9 Å². The van der Waals surface area contributed by atoms with Crippen LogP contribution in [0.3, 0.4) is 0 Å². The van der Waals surface area contributed by atoms with Crippen molar-refractivity contribution in [1.82, 2.24) is 5.32 Å². The molecule has 1 rings (SSSR count). The summed E-state index contributed by atoms with van der Waals surface area (Å²) < 4.78 is 10.3. The van der Waals surface area contributed by atoms with E-state index in [0.717, 1.165) is 19.4 Å². The Bertz CT molecular complexity index is 197. The SMILES string of the molecule is COCC(C)OCC(O)CNCC1CC(O)C1. The summed E-state index contributed by atoms with van der Waals surface area (Å²) >= 11 is 0. The number of aliphatic hydroxyl groups excluding tert-OH is 2. The van der Waals surface area contributed by atoms with Crippen molar-refractivity contribution in [2.24, 2.45) is 5.92 Å². The van der Waals surface area contributed by atoms with Crippen molar-refractivity contribution < 1.29 is 19.7 Å². The van der Waals surface area contributed by atoms with Crippen LogP contribution in [0.2, 0.25) is 0 Å². The Balaban J connectivity index is 1.92. The molecule has 102 valence electrons. The van der Waals surface area contributed by atoms with Crippen LogP contribution in [0.5, 0.6) is 0 Å². The van der Waals surface area contributed by atoms with Gasteiger partial charge in [-0.05, 0) is 32.2 Å². The Morgan fingerprint density at radius 1 is 1.35 bits per heavy atom. The molecule has 1 fully saturated rings. The number of ether oxygens (including phenoxy) is 2. The van der Waals surface area contributed by atoms with Crippen molar-refractivity contribution in [3.05, 3.63) is 0 Å². The number of hydrogen-bond donors (Lipinski definition) is 3. The van der Waals surface area contributed by atoms with Crippen LogP contribution >= 0.6 is 0 Å². The summed E-state index contributed by atoms with van der Waals surface area (Å²) in [6.07, 6.45) is 1.18. The smallest absolute Gasteiger partial charge is 0.0897 e. The summed E-state index contributed by atoms with van der Waals surface area (Å²) in [6, 6.07) is 0. The Morgan fingerprint density at radius 3 is 2.65 bits per heavy atom. The van der Waals surface area contributed by atoms with E-state index < -0.39 is 6.10 Å². The van der Waals surface area contributed by atoms with E-state index in [0.29, 0.717) is 25.7 Å². The van der Waals surface area contributed by atoms with Gasteiger partial charge in [-0.3, -0.25) is 0 Å². The van der Waals surface area contributed by atoms with E-state index in [4.69, 9.17) is 14.6 Å². The predicted molar refractivity (Wildman–Crippen MR) is 64.9 cm³/mol. The highest BCUT2D eigenvalue weighted by Crippen LogP contribution is 2.25. The van der Waals surface area contributed by atoms with Gasteiger partial charge in [-0.25, -0.2) is 0 Å². The molecule has 5 nitrogen and oxygen atoms in total. The second-order valence-electron chi connectivity index (χ2n) is 4.90. The van der Waals surface area contributed by atoms with Crippen LogP contribution in [-0.2, 0) is 9.47 Å². The monoisotopic (exact) mass is 247 g/mol. The lowest BCUT2D eigenvalue weighted by atomic mass is 9.82. The average molecular weight is 247 g/mol. The van der Waals surface area contributed by atoms with Gasteiger partial charge in [0, 0.05) is 13.7 Å². The zero-order valence-electron chi connectivity index (χ0n) is 10.8. The zero-order valence-corrected chi connectivity index (χ0v) is 10.8. The highest BCUT2D eigenvalue weighted by Gasteiger charge is 2.26. The number of aliphatic hydroxyl groups is 2. The second-order valence-corrected chi connectivity index (χ2v) is 4.90. The van der Waals surface area contributed by atoms with Crippen molar-refractivity contribution in [3.63, 3.8) is 0 Å². The molecular formula is C12H25NO4. The molecule has 0 saturated heterocycles. The van der Waals surface area contributed by atoms with E-state index in [1.54, 1.807) is 7.11 Å². The first-order valence-electron chi connectivity index (χ1n) is 6.29. The van der Waals surface area contributed by atoms with Crippen molar-refractivity contribution in [2.45, 2.75) is 38.1 Å². The third kappa shape index (κ3) is 6.33. The van der Waals surface area contributed by atoms with Gasteiger partial charge >= 0.3 is 0 Å². The second kappa shape index (κ2) is 8.00. The Hall–Kier alpha value is -0.200. The number of rotatable bonds is 9. The minimum absolute atomic E-state index is 0.0106. The molecule has 1 aliphatic rings. The fraction of sp³-hybridized carbons (Fsp3) is 1.00. The fourth-order valence-electron chi connectivity index (χ4n) is 1.94. The zero-order chi connectivity index (χ0) is 12.7. The molecule has 0 aromatic heterocycles. The summed E-state index contributed by atoms with van der Waals surface area (Å²) in [7, 11) is 1.63. The van der Waals surface area contributed by atoms with Gasteiger partial charge in [0.05, 0.1) is 31.5 Å². The summed E-state index contributed by atoms with van der Waals surface area (Å²) in [6.45, 7) is 4.18. The molecule has 0 aromatic rings. The van der Waals surface area contributed by atoms with Gasteiger partial charge in [0.1, 0.15) is 0 Å². The van der Waals surface area contributed by atoms with E-state index in [-0.39, 0.29) is 12.2 Å². The van der Waals surface area contributed by atoms with Crippen LogP contribution in [0.25, 0.3) is 0 Å². The van der Waals surface area contributed by atoms with Crippen LogP contribution in [0.15, 0.2) is 0 Å². The van der Waals surface area contributed by atoms with E-state index in [9.17, 15) is 5.11 Å². The van der Waals surface area contributed by atoms with Gasteiger partial charge in [0.2, 0.25) is 0 Å². The molecule has 1 saturated carbocycles. The van der Waals surface area contributed by atoms with Gasteiger partial charge in [-0.2, -0.15) is 0 Å². The molecular weight excluding hydrogens is 222 g/mol. The molecule has 1 aliphatic carbocycles. The molecule has 2 unspecified atom stereocenters. The van der Waals surface area contributed by atoms with Gasteiger partial charge in [-0.15, -0.1) is 0 Å². The number of hydrogen-bond acceptors (Lipinski definition) is 5. The first-order chi connectivity index (χ1) is 8.11. The van der Waals surface area contributed by atoms with E-state index >= 15 is 0 Å². The summed E-state index contributed by atoms with van der Waals surface area (Å²) in [5, 5.41) is 21.9. The van der Waals surface area contributed by atoms with Gasteiger partial charge < -0.3 is 25.0 Å². The molecule has 2 atom stereocenters. The molecule has 0 aromatic carbocycles. The number of methoxy groups -OCH3 is 1. The van der Waals surface area contributed by atoms with Crippen molar-refractivity contribution in [3.8, 4) is 0 Å². The van der Waals surface area contributed by atoms with Gasteiger partial charge in [0.25, 0.3) is 0 Å². The van der Waals surface area contributed by atoms with Crippen LogP contribution in [0.4, 0.5) is 0 Å². The maximum atomic E-state index is 9.64. The summed E-state index contributed by atoms with van der Waals surface area (Å²) in [5.74, 6) is 0.561. The Labute approximate surface area is 103 Å². The molecule has 0 aliphatic heterocycles. The summed E-state index contributed by atoms with van der Waals surface area (Å²) in [5.41, 5.74) is 0. The minimum Gasteiger partial charge on any atom is -0.393 e. The minimum atomic E-state index is -0.487. The van der Waals surface area contributed by atoms with E-state index in [2.05, 4.69) is 5.32 Å². The van der Waals surface area contributed by atoms with E-state index in [1.165, 1.54) is 0 Å². The number of nitrogens with one attached hydrogen (secondary N) is 1. The predicted octanol–water partition coefficient (Wildman–Crippen LogP) is -0.241. The molecule has 0 radical (unpaired) electrons. The Kier molecular flexibility index (Phi) is 6.99. The molecule has 3 N–H and O–H groups in total. The largest absolute Gasteiger partial charge is 0.393 e. The molecule has 5 heteroatoms. The average Bonchev–Trinajstić information content (AvgIpc) is 2.24. The third-order valence-electron chi connectivity index (χ3n) is 3.00. The third-order valence-corrected chi connectivity index (χ3v) is 3.00. The topological polar surface area (TPSA) is 71.0 Å². The molecule has 17 heavy (non-hydrogen) atoms. The van der Waals surface area contributed by atoms with Crippen LogP contribution < -0.4 is 5.32 Å². The molecule has 0 bridgehead atoms. The van der Waals surface area contributed by atoms with E-state index in [1.807, 2.05) is 6.92 Å².